The summed E-state index contributed by atoms with van der Waals surface area (Å²) in [7, 11) is 0. The topological polar surface area (TPSA) is 53.4 Å². The molecule has 0 aliphatic carbocycles. The number of hydrogen-bond acceptors (Lipinski definition) is 5. The van der Waals surface area contributed by atoms with Crippen LogP contribution in [0.25, 0.3) is 11.0 Å². The van der Waals surface area contributed by atoms with E-state index < -0.39 is 17.7 Å². The minimum absolute atomic E-state index is 0.289. The first-order valence-electron chi connectivity index (χ1n) is 10.4. The lowest BCUT2D eigenvalue weighted by Gasteiger charge is -2.10. The molecule has 0 spiro atoms. The van der Waals surface area contributed by atoms with E-state index in [1.54, 1.807) is 19.1 Å². The Balaban J connectivity index is 1.83. The number of imidazole rings is 1. The number of nitrogens with zero attached hydrogens (tertiary/aromatic N) is 2. The molecule has 3 aromatic rings. The number of carbonyl (C=O) groups is 1. The quantitative estimate of drug-likeness (QED) is 0.210. The van der Waals surface area contributed by atoms with Crippen molar-refractivity contribution in [2.24, 2.45) is 0 Å². The van der Waals surface area contributed by atoms with Crippen molar-refractivity contribution in [1.29, 1.82) is 0 Å². The lowest BCUT2D eigenvalue weighted by Crippen LogP contribution is -2.05. The minimum Gasteiger partial charge on any atom is -0.462 e. The molecule has 0 atom stereocenters. The average Bonchev–Trinajstić information content (AvgIpc) is 3.11. The summed E-state index contributed by atoms with van der Waals surface area (Å²) >= 11 is 1.44. The van der Waals surface area contributed by atoms with Gasteiger partial charge in [0.15, 0.2) is 5.16 Å². The Bertz CT molecular complexity index is 1050. The van der Waals surface area contributed by atoms with Gasteiger partial charge < -0.3 is 14.0 Å². The Kier molecular flexibility index (Phi) is 8.20. The van der Waals surface area contributed by atoms with Crippen molar-refractivity contribution in [1.82, 2.24) is 9.55 Å². The second kappa shape index (κ2) is 10.9. The van der Waals surface area contributed by atoms with Crippen LogP contribution in [0, 0.1) is 0 Å². The monoisotopic (exact) mass is 466 g/mol. The summed E-state index contributed by atoms with van der Waals surface area (Å²) < 4.78 is 50.9. The molecule has 0 fully saturated rings. The van der Waals surface area contributed by atoms with Crippen LogP contribution in [0.1, 0.15) is 41.8 Å². The standard InChI is InChI=1S/C23H25F3N2O3S/c1-3-30-13-5-12-28-20-11-8-17(21(29)31-4-2)14-19(20)27-22(28)32-15-16-6-9-18(10-7-16)23(24,25)26/h6-11,14H,3-5,12-13,15H2,1-2H3. The zero-order valence-corrected chi connectivity index (χ0v) is 18.8. The summed E-state index contributed by atoms with van der Waals surface area (Å²) in [5.74, 6) is 0.0664. The van der Waals surface area contributed by atoms with Gasteiger partial charge in [0.25, 0.3) is 0 Å². The maximum absolute atomic E-state index is 12.8. The zero-order chi connectivity index (χ0) is 23.1. The van der Waals surface area contributed by atoms with Crippen molar-refractivity contribution >= 4 is 28.8 Å². The number of esters is 1. The second-order valence-corrected chi connectivity index (χ2v) is 7.95. The van der Waals surface area contributed by atoms with Crippen LogP contribution in [0.5, 0.6) is 0 Å². The zero-order valence-electron chi connectivity index (χ0n) is 17.9. The van der Waals surface area contributed by atoms with Crippen LogP contribution in [0.3, 0.4) is 0 Å². The van der Waals surface area contributed by atoms with Crippen molar-refractivity contribution in [3.63, 3.8) is 0 Å². The molecule has 5 nitrogen and oxygen atoms in total. The molecular weight excluding hydrogens is 441 g/mol. The van der Waals surface area contributed by atoms with Gasteiger partial charge >= 0.3 is 12.1 Å². The fourth-order valence-electron chi connectivity index (χ4n) is 3.18. The third-order valence-corrected chi connectivity index (χ3v) is 5.80. The third kappa shape index (κ3) is 6.04. The first kappa shape index (κ1) is 24.1. The predicted octanol–water partition coefficient (Wildman–Crippen LogP) is 5.95. The Labute approximate surface area is 188 Å². The number of rotatable bonds is 10. The van der Waals surface area contributed by atoms with Gasteiger partial charge in [-0.05, 0) is 56.2 Å². The van der Waals surface area contributed by atoms with E-state index in [1.165, 1.54) is 23.9 Å². The van der Waals surface area contributed by atoms with Crippen LogP contribution in [-0.2, 0) is 27.9 Å². The first-order chi connectivity index (χ1) is 15.3. The van der Waals surface area contributed by atoms with Crippen molar-refractivity contribution in [2.75, 3.05) is 19.8 Å². The molecule has 172 valence electrons. The van der Waals surface area contributed by atoms with Crippen molar-refractivity contribution in [3.8, 4) is 0 Å². The number of benzene rings is 2. The molecule has 0 aliphatic rings. The van der Waals surface area contributed by atoms with Crippen LogP contribution in [0.4, 0.5) is 13.2 Å². The Morgan fingerprint density at radius 1 is 1.09 bits per heavy atom. The Hall–Kier alpha value is -2.52. The Morgan fingerprint density at radius 2 is 1.84 bits per heavy atom. The van der Waals surface area contributed by atoms with Crippen LogP contribution < -0.4 is 0 Å². The second-order valence-electron chi connectivity index (χ2n) is 7.00. The SMILES string of the molecule is CCOCCCn1c(SCc2ccc(C(F)(F)F)cc2)nc2cc(C(=O)OCC)ccc21. The molecule has 0 bridgehead atoms. The molecule has 0 saturated heterocycles. The molecular formula is C23H25F3N2O3S. The van der Waals surface area contributed by atoms with Gasteiger partial charge in [-0.3, -0.25) is 0 Å². The van der Waals surface area contributed by atoms with E-state index in [2.05, 4.69) is 9.55 Å². The van der Waals surface area contributed by atoms with Crippen LogP contribution in [0.15, 0.2) is 47.6 Å². The lowest BCUT2D eigenvalue weighted by atomic mass is 10.1. The minimum atomic E-state index is -4.35. The van der Waals surface area contributed by atoms with Crippen LogP contribution in [-0.4, -0.2) is 35.3 Å². The highest BCUT2D eigenvalue weighted by Gasteiger charge is 2.29. The van der Waals surface area contributed by atoms with E-state index in [0.29, 0.717) is 36.6 Å². The van der Waals surface area contributed by atoms with Crippen LogP contribution in [0.2, 0.25) is 0 Å². The molecule has 1 heterocycles. The predicted molar refractivity (Wildman–Crippen MR) is 118 cm³/mol. The highest BCUT2D eigenvalue weighted by atomic mass is 32.2. The van der Waals surface area contributed by atoms with Gasteiger partial charge in [0.1, 0.15) is 0 Å². The van der Waals surface area contributed by atoms with Gasteiger partial charge in [-0.15, -0.1) is 0 Å². The van der Waals surface area contributed by atoms with Gasteiger partial charge in [0.2, 0.25) is 0 Å². The molecule has 9 heteroatoms. The van der Waals surface area contributed by atoms with Crippen molar-refractivity contribution in [2.45, 2.75) is 43.9 Å². The third-order valence-electron chi connectivity index (χ3n) is 4.75. The maximum Gasteiger partial charge on any atom is 0.416 e. The van der Waals surface area contributed by atoms with Gasteiger partial charge in [0.05, 0.1) is 28.8 Å². The number of ether oxygens (including phenoxy) is 2. The number of carbonyl (C=O) groups excluding carboxylic acids is 1. The number of hydrogen-bond donors (Lipinski definition) is 0. The summed E-state index contributed by atoms with van der Waals surface area (Å²) in [5.41, 5.74) is 2.08. The normalized spacial score (nSPS) is 11.8. The van der Waals surface area contributed by atoms with E-state index in [0.717, 1.165) is 34.8 Å². The summed E-state index contributed by atoms with van der Waals surface area (Å²) in [6, 6.07) is 10.4. The number of alkyl halides is 3. The number of aryl methyl sites for hydroxylation is 1. The molecule has 0 amide bonds. The van der Waals surface area contributed by atoms with Gasteiger partial charge in [-0.1, -0.05) is 23.9 Å². The smallest absolute Gasteiger partial charge is 0.416 e. The van der Waals surface area contributed by atoms with Gasteiger partial charge in [-0.25, -0.2) is 9.78 Å². The molecule has 0 radical (unpaired) electrons. The van der Waals surface area contributed by atoms with E-state index in [1.807, 2.05) is 13.0 Å². The number of thioether (sulfide) groups is 1. The maximum atomic E-state index is 12.8. The number of halogens is 3. The first-order valence-corrected chi connectivity index (χ1v) is 11.4. The van der Waals surface area contributed by atoms with Crippen molar-refractivity contribution in [3.05, 3.63) is 59.2 Å². The van der Waals surface area contributed by atoms with E-state index >= 15 is 0 Å². The van der Waals surface area contributed by atoms with E-state index in [9.17, 15) is 18.0 Å². The van der Waals surface area contributed by atoms with Crippen molar-refractivity contribution < 1.29 is 27.4 Å². The molecule has 32 heavy (non-hydrogen) atoms. The molecule has 0 N–H and O–H groups in total. The molecule has 1 aromatic heterocycles. The van der Waals surface area contributed by atoms with Gasteiger partial charge in [-0.2, -0.15) is 13.2 Å². The average molecular weight is 467 g/mol. The summed E-state index contributed by atoms with van der Waals surface area (Å²) in [6.45, 7) is 5.90. The molecule has 0 saturated carbocycles. The molecule has 0 aliphatic heterocycles. The summed E-state index contributed by atoms with van der Waals surface area (Å²) in [4.78, 5) is 16.8. The fourth-order valence-corrected chi connectivity index (χ4v) is 4.18. The van der Waals surface area contributed by atoms with E-state index in [4.69, 9.17) is 9.47 Å². The molecule has 2 aromatic carbocycles. The summed E-state index contributed by atoms with van der Waals surface area (Å²) in [6.07, 6.45) is -3.57. The molecule has 3 rings (SSSR count). The van der Waals surface area contributed by atoms with Gasteiger partial charge in [0, 0.05) is 25.5 Å². The number of aromatic nitrogens is 2. The number of fused-ring (bicyclic) bond motifs is 1. The lowest BCUT2D eigenvalue weighted by molar-refractivity contribution is -0.137. The highest BCUT2D eigenvalue weighted by Crippen LogP contribution is 2.31. The Morgan fingerprint density at radius 3 is 2.50 bits per heavy atom. The fraction of sp³-hybridized carbons (Fsp3) is 0.391. The largest absolute Gasteiger partial charge is 0.462 e. The summed E-state index contributed by atoms with van der Waals surface area (Å²) in [5, 5.41) is 0.734. The highest BCUT2D eigenvalue weighted by molar-refractivity contribution is 7.98. The van der Waals surface area contributed by atoms with Crippen LogP contribution >= 0.6 is 11.8 Å². The molecule has 0 unspecified atom stereocenters. The van der Waals surface area contributed by atoms with E-state index in [-0.39, 0.29) is 6.61 Å².